The van der Waals surface area contributed by atoms with Gasteiger partial charge in [-0.3, -0.25) is 14.5 Å². The van der Waals surface area contributed by atoms with Crippen molar-refractivity contribution < 1.29 is 28.2 Å². The molecule has 10 heteroatoms. The summed E-state index contributed by atoms with van der Waals surface area (Å²) in [6.45, 7) is 1.65. The molecule has 0 spiro atoms. The molecule has 0 aliphatic carbocycles. The van der Waals surface area contributed by atoms with E-state index in [1.807, 2.05) is 42.5 Å². The number of hydrogen-bond donors (Lipinski definition) is 0. The Morgan fingerprint density at radius 2 is 1.73 bits per heavy atom. The highest BCUT2D eigenvalue weighted by Gasteiger charge is 2.36. The summed E-state index contributed by atoms with van der Waals surface area (Å²) in [4.78, 5) is 28.5. The highest BCUT2D eigenvalue weighted by Crippen LogP contribution is 2.35. The van der Waals surface area contributed by atoms with Crippen molar-refractivity contribution in [2.45, 2.75) is 20.1 Å². The zero-order valence-corrected chi connectivity index (χ0v) is 25.7. The number of halogens is 1. The Labute approximate surface area is 275 Å². The normalized spacial score (nSPS) is 14.9. The molecule has 1 aromatic heterocycles. The van der Waals surface area contributed by atoms with Crippen molar-refractivity contribution in [2.75, 3.05) is 6.79 Å². The van der Waals surface area contributed by atoms with Crippen molar-refractivity contribution in [3.63, 3.8) is 0 Å². The Balaban J connectivity index is 1.28. The Bertz CT molecular complexity index is 2180. The van der Waals surface area contributed by atoms with Gasteiger partial charge >= 0.3 is 0 Å². The quantitative estimate of drug-likeness (QED) is 0.136. The van der Waals surface area contributed by atoms with Gasteiger partial charge < -0.3 is 14.2 Å². The van der Waals surface area contributed by atoms with Crippen molar-refractivity contribution in [1.82, 2.24) is 14.7 Å². The van der Waals surface area contributed by atoms with E-state index in [0.717, 1.165) is 10.6 Å². The van der Waals surface area contributed by atoms with E-state index in [1.165, 1.54) is 6.07 Å². The van der Waals surface area contributed by atoms with Crippen molar-refractivity contribution in [3.8, 4) is 40.3 Å². The lowest BCUT2D eigenvalue weighted by molar-refractivity contribution is -0.141. The van der Waals surface area contributed by atoms with Crippen LogP contribution < -0.4 is 14.2 Å². The number of carbonyl (C=O) groups excluding carboxylic acids is 2. The fourth-order valence-corrected chi connectivity index (χ4v) is 5.59. The number of nitrogens with zero attached hydrogens (tertiary/aromatic N) is 4. The second-order valence-corrected chi connectivity index (χ2v) is 11.2. The third kappa shape index (κ3) is 5.81. The van der Waals surface area contributed by atoms with E-state index in [9.17, 15) is 19.2 Å². The Kier molecular flexibility index (Phi) is 8.01. The van der Waals surface area contributed by atoms with Crippen LogP contribution in [0.3, 0.4) is 0 Å². The number of amides is 2. The number of hydrogen-bond acceptors (Lipinski definition) is 7. The average molecular weight is 639 g/mol. The molecule has 48 heavy (non-hydrogen) atoms. The SMILES string of the molecule is CC1=C(C#N)C(=O)N(Cc2ccc3c(c2)OCO3)C(=O)/C1=C/c1cn(-c2ccccc2)nc1-c1cccc(OCc2ccccc2F)c1. The lowest BCUT2D eigenvalue weighted by Gasteiger charge is -2.27. The minimum atomic E-state index is -0.672. The summed E-state index contributed by atoms with van der Waals surface area (Å²) in [5, 5.41) is 14.9. The maximum atomic E-state index is 14.2. The number of para-hydroxylation sites is 1. The van der Waals surface area contributed by atoms with Gasteiger partial charge in [0.25, 0.3) is 11.8 Å². The largest absolute Gasteiger partial charge is 0.489 e. The Morgan fingerprint density at radius 1 is 0.938 bits per heavy atom. The van der Waals surface area contributed by atoms with E-state index in [2.05, 4.69) is 0 Å². The second kappa shape index (κ2) is 12.7. The summed E-state index contributed by atoms with van der Waals surface area (Å²) in [5.41, 5.74) is 3.97. The lowest BCUT2D eigenvalue weighted by Crippen LogP contribution is -2.42. The van der Waals surface area contributed by atoms with Gasteiger partial charge in [0, 0.05) is 28.5 Å². The summed E-state index contributed by atoms with van der Waals surface area (Å²) in [5.74, 6) is 0.0248. The number of fused-ring (bicyclic) bond motifs is 1. The molecule has 5 aromatic rings. The van der Waals surface area contributed by atoms with Gasteiger partial charge in [0.2, 0.25) is 6.79 Å². The first-order valence-electron chi connectivity index (χ1n) is 15.1. The standard InChI is InChI=1S/C38H27FN4O5/c1-24-31(37(44)42(38(45)32(24)19-40)20-25-14-15-34-35(16-25)48-23-47-34)18-28-21-43(29-10-3-2-4-11-29)41-36(28)26-9-7-12-30(17-26)46-22-27-8-5-6-13-33(27)39/h2-18,21H,20,22-23H2,1H3/b31-18+. The number of nitriles is 1. The van der Waals surface area contributed by atoms with E-state index in [0.29, 0.717) is 45.2 Å². The zero-order valence-electron chi connectivity index (χ0n) is 25.7. The Morgan fingerprint density at radius 3 is 2.54 bits per heavy atom. The molecule has 2 aliphatic rings. The molecule has 7 rings (SSSR count). The van der Waals surface area contributed by atoms with Crippen molar-refractivity contribution in [3.05, 3.63) is 142 Å². The molecule has 2 aliphatic heterocycles. The molecule has 0 saturated heterocycles. The Hall–Kier alpha value is -6.47. The smallest absolute Gasteiger partial charge is 0.271 e. The molecular formula is C38H27FN4O5. The maximum absolute atomic E-state index is 14.2. The number of rotatable bonds is 8. The molecule has 0 radical (unpaired) electrons. The van der Waals surface area contributed by atoms with Crippen LogP contribution in [0.4, 0.5) is 4.39 Å². The first kappa shape index (κ1) is 30.2. The molecule has 0 atom stereocenters. The number of aromatic nitrogens is 2. The van der Waals surface area contributed by atoms with Crippen LogP contribution in [0.5, 0.6) is 17.2 Å². The minimum Gasteiger partial charge on any atom is -0.489 e. The summed E-state index contributed by atoms with van der Waals surface area (Å²) >= 11 is 0. The third-order valence-electron chi connectivity index (χ3n) is 8.13. The first-order valence-corrected chi connectivity index (χ1v) is 15.1. The zero-order chi connectivity index (χ0) is 33.2. The van der Waals surface area contributed by atoms with Crippen molar-refractivity contribution in [2.24, 2.45) is 0 Å². The van der Waals surface area contributed by atoms with Crippen LogP contribution in [0.2, 0.25) is 0 Å². The van der Waals surface area contributed by atoms with Crippen LogP contribution >= 0.6 is 0 Å². The van der Waals surface area contributed by atoms with Crippen molar-refractivity contribution >= 4 is 17.9 Å². The van der Waals surface area contributed by atoms with Crippen LogP contribution in [-0.4, -0.2) is 33.3 Å². The number of carbonyl (C=O) groups is 2. The average Bonchev–Trinajstić information content (AvgIpc) is 3.76. The van der Waals surface area contributed by atoms with E-state index >= 15 is 0 Å². The molecule has 4 aromatic carbocycles. The fraction of sp³-hybridized carbons (Fsp3) is 0.105. The maximum Gasteiger partial charge on any atom is 0.271 e. The van der Waals surface area contributed by atoms with Gasteiger partial charge in [0.1, 0.15) is 35.5 Å². The molecule has 0 fully saturated rings. The van der Waals surface area contributed by atoms with Gasteiger partial charge in [0.05, 0.1) is 12.2 Å². The molecule has 0 bridgehead atoms. The van der Waals surface area contributed by atoms with E-state index < -0.39 is 11.8 Å². The van der Waals surface area contributed by atoms with Gasteiger partial charge in [-0.25, -0.2) is 9.07 Å². The van der Waals surface area contributed by atoms with Gasteiger partial charge in [-0.15, -0.1) is 0 Å². The molecule has 0 N–H and O–H groups in total. The van der Waals surface area contributed by atoms with Crippen LogP contribution in [0.1, 0.15) is 23.6 Å². The van der Waals surface area contributed by atoms with Gasteiger partial charge in [-0.05, 0) is 66.6 Å². The summed E-state index contributed by atoms with van der Waals surface area (Å²) in [6.07, 6.45) is 3.44. The van der Waals surface area contributed by atoms with E-state index in [1.54, 1.807) is 78.5 Å². The molecule has 0 saturated carbocycles. The molecule has 2 amide bonds. The molecule has 3 heterocycles. The third-order valence-corrected chi connectivity index (χ3v) is 8.13. The second-order valence-electron chi connectivity index (χ2n) is 11.2. The van der Waals surface area contributed by atoms with Crippen LogP contribution in [-0.2, 0) is 22.7 Å². The van der Waals surface area contributed by atoms with Crippen molar-refractivity contribution in [1.29, 1.82) is 5.26 Å². The highest BCUT2D eigenvalue weighted by molar-refractivity contribution is 6.19. The monoisotopic (exact) mass is 638 g/mol. The summed E-state index contributed by atoms with van der Waals surface area (Å²) < 4.78 is 32.7. The number of benzene rings is 4. The van der Waals surface area contributed by atoms with Gasteiger partial charge in [-0.2, -0.15) is 10.4 Å². The van der Waals surface area contributed by atoms with Gasteiger partial charge in [0.15, 0.2) is 11.5 Å². The molecule has 236 valence electrons. The van der Waals surface area contributed by atoms with Crippen LogP contribution in [0.15, 0.2) is 120 Å². The van der Waals surface area contributed by atoms with E-state index in [-0.39, 0.29) is 42.5 Å². The molecule has 0 unspecified atom stereocenters. The lowest BCUT2D eigenvalue weighted by atomic mass is 9.93. The van der Waals surface area contributed by atoms with Crippen LogP contribution in [0.25, 0.3) is 23.0 Å². The summed E-state index contributed by atoms with van der Waals surface area (Å²) in [6, 6.07) is 30.3. The number of imide groups is 1. The first-order chi connectivity index (χ1) is 23.4. The fourth-order valence-electron chi connectivity index (χ4n) is 5.59. The minimum absolute atomic E-state index is 0.0359. The molecular weight excluding hydrogens is 611 g/mol. The number of ether oxygens (including phenoxy) is 3. The topological polar surface area (TPSA) is 107 Å². The summed E-state index contributed by atoms with van der Waals surface area (Å²) in [7, 11) is 0. The predicted molar refractivity (Wildman–Crippen MR) is 174 cm³/mol. The van der Waals surface area contributed by atoms with Crippen LogP contribution in [0, 0.1) is 17.1 Å². The molecule has 9 nitrogen and oxygen atoms in total. The van der Waals surface area contributed by atoms with E-state index in [4.69, 9.17) is 19.3 Å². The van der Waals surface area contributed by atoms with Gasteiger partial charge in [-0.1, -0.05) is 54.6 Å². The predicted octanol–water partition coefficient (Wildman–Crippen LogP) is 6.78. The highest BCUT2D eigenvalue weighted by atomic mass is 19.1.